The Bertz CT molecular complexity index is 1000. The van der Waals surface area contributed by atoms with E-state index in [1.54, 1.807) is 15.8 Å². The monoisotopic (exact) mass is 365 g/mol. The Balaban J connectivity index is 1.37. The average molecular weight is 365 g/mol. The van der Waals surface area contributed by atoms with Crippen LogP contribution < -0.4 is 5.32 Å². The molecule has 1 fully saturated rings. The topological polar surface area (TPSA) is 92.2 Å². The number of para-hydroxylation sites is 1. The van der Waals surface area contributed by atoms with Crippen LogP contribution in [-0.4, -0.2) is 57.3 Å². The number of aromatic nitrogens is 3. The molecule has 2 N–H and O–H groups in total. The zero-order chi connectivity index (χ0) is 18.4. The third-order valence-electron chi connectivity index (χ3n) is 5.14. The molecule has 0 spiro atoms. The van der Waals surface area contributed by atoms with Gasteiger partial charge >= 0.3 is 0 Å². The minimum absolute atomic E-state index is 0.0562. The molecule has 0 bridgehead atoms. The van der Waals surface area contributed by atoms with E-state index in [1.807, 2.05) is 30.3 Å². The molecule has 4 heterocycles. The molecule has 8 nitrogen and oxygen atoms in total. The summed E-state index contributed by atoms with van der Waals surface area (Å²) in [6.45, 7) is 2.57. The molecule has 0 aliphatic carbocycles. The zero-order valence-electron chi connectivity index (χ0n) is 14.6. The predicted octanol–water partition coefficient (Wildman–Crippen LogP) is 1.15. The van der Waals surface area contributed by atoms with E-state index >= 15 is 0 Å². The number of benzene rings is 1. The maximum absolute atomic E-state index is 13.0. The normalized spacial score (nSPS) is 16.8. The van der Waals surface area contributed by atoms with Gasteiger partial charge in [0.15, 0.2) is 0 Å². The van der Waals surface area contributed by atoms with Crippen molar-refractivity contribution in [2.24, 2.45) is 0 Å². The lowest BCUT2D eigenvalue weighted by molar-refractivity contribution is -0.00350. The lowest BCUT2D eigenvalue weighted by Crippen LogP contribution is -2.49. The fraction of sp³-hybridized carbons (Fsp3) is 0.316. The Kier molecular flexibility index (Phi) is 3.71. The van der Waals surface area contributed by atoms with E-state index < -0.39 is 0 Å². The van der Waals surface area contributed by atoms with Gasteiger partial charge in [0.1, 0.15) is 5.69 Å². The van der Waals surface area contributed by atoms with Crippen LogP contribution in [0, 0.1) is 0 Å². The molecular formula is C19H19N5O3. The Labute approximate surface area is 155 Å². The molecule has 0 atom stereocenters. The highest BCUT2D eigenvalue weighted by atomic mass is 16.5. The number of fused-ring (bicyclic) bond motifs is 2. The second-order valence-corrected chi connectivity index (χ2v) is 6.93. The van der Waals surface area contributed by atoms with Crippen molar-refractivity contribution in [1.29, 1.82) is 0 Å². The highest BCUT2D eigenvalue weighted by Crippen LogP contribution is 2.21. The van der Waals surface area contributed by atoms with Crippen molar-refractivity contribution in [3.05, 3.63) is 53.5 Å². The first-order valence-corrected chi connectivity index (χ1v) is 8.99. The van der Waals surface area contributed by atoms with Crippen LogP contribution in [0.25, 0.3) is 10.9 Å². The van der Waals surface area contributed by atoms with Crippen LogP contribution in [0.5, 0.6) is 0 Å². The summed E-state index contributed by atoms with van der Waals surface area (Å²) in [5.74, 6) is -0.234. The van der Waals surface area contributed by atoms with Crippen molar-refractivity contribution >= 4 is 22.7 Å². The third-order valence-corrected chi connectivity index (χ3v) is 5.14. The van der Waals surface area contributed by atoms with E-state index in [9.17, 15) is 9.59 Å². The Hall–Kier alpha value is -3.13. The minimum Gasteiger partial charge on any atom is -0.377 e. The summed E-state index contributed by atoms with van der Waals surface area (Å²) in [7, 11) is 0. The average Bonchev–Trinajstić information content (AvgIpc) is 3.27. The standard InChI is InChI=1S/C19H19N5O3/c25-18(21-13-10-27-11-13)14-8-20-24-6-5-23(9-17(14)24)19(26)16-7-12-3-1-2-4-15(12)22-16/h1-4,7-8,13,22H,5-6,9-11H2,(H,21,25). The van der Waals surface area contributed by atoms with Gasteiger partial charge in [0.05, 0.1) is 49.8 Å². The van der Waals surface area contributed by atoms with Crippen LogP contribution in [0.3, 0.4) is 0 Å². The molecule has 2 amide bonds. The van der Waals surface area contributed by atoms with Gasteiger partial charge in [-0.2, -0.15) is 5.10 Å². The number of ether oxygens (including phenoxy) is 1. The van der Waals surface area contributed by atoms with Crippen LogP contribution in [0.1, 0.15) is 26.5 Å². The Morgan fingerprint density at radius 3 is 2.85 bits per heavy atom. The molecule has 27 heavy (non-hydrogen) atoms. The largest absolute Gasteiger partial charge is 0.377 e. The van der Waals surface area contributed by atoms with E-state index in [-0.39, 0.29) is 17.9 Å². The Morgan fingerprint density at radius 2 is 2.07 bits per heavy atom. The molecular weight excluding hydrogens is 346 g/mol. The molecule has 8 heteroatoms. The Morgan fingerprint density at radius 1 is 1.22 bits per heavy atom. The highest BCUT2D eigenvalue weighted by Gasteiger charge is 2.29. The second-order valence-electron chi connectivity index (χ2n) is 6.93. The summed E-state index contributed by atoms with van der Waals surface area (Å²) in [6.07, 6.45) is 1.58. The van der Waals surface area contributed by atoms with Crippen LogP contribution in [-0.2, 0) is 17.8 Å². The van der Waals surface area contributed by atoms with Crippen molar-refractivity contribution < 1.29 is 14.3 Å². The third kappa shape index (κ3) is 2.78. The first-order chi connectivity index (χ1) is 13.2. The summed E-state index contributed by atoms with van der Waals surface area (Å²) in [5.41, 5.74) is 2.78. The van der Waals surface area contributed by atoms with E-state index in [0.29, 0.717) is 44.1 Å². The minimum atomic E-state index is -0.163. The molecule has 2 aliphatic heterocycles. The van der Waals surface area contributed by atoms with Crippen molar-refractivity contribution in [3.63, 3.8) is 0 Å². The number of rotatable bonds is 3. The van der Waals surface area contributed by atoms with E-state index in [1.165, 1.54) is 0 Å². The number of nitrogens with one attached hydrogen (secondary N) is 2. The van der Waals surface area contributed by atoms with Crippen molar-refractivity contribution in [2.75, 3.05) is 19.8 Å². The molecule has 3 aromatic rings. The fourth-order valence-corrected chi connectivity index (χ4v) is 3.55. The molecule has 5 rings (SSSR count). The molecule has 138 valence electrons. The number of hydrogen-bond donors (Lipinski definition) is 2. The summed E-state index contributed by atoms with van der Waals surface area (Å²) in [4.78, 5) is 30.4. The maximum atomic E-state index is 13.0. The van der Waals surface area contributed by atoms with E-state index in [2.05, 4.69) is 15.4 Å². The maximum Gasteiger partial charge on any atom is 0.270 e. The van der Waals surface area contributed by atoms with Crippen LogP contribution in [0.2, 0.25) is 0 Å². The van der Waals surface area contributed by atoms with Crippen LogP contribution in [0.15, 0.2) is 36.5 Å². The van der Waals surface area contributed by atoms with Gasteiger partial charge in [-0.3, -0.25) is 14.3 Å². The van der Waals surface area contributed by atoms with Gasteiger partial charge in [0.2, 0.25) is 0 Å². The highest BCUT2D eigenvalue weighted by molar-refractivity contribution is 5.98. The lowest BCUT2D eigenvalue weighted by atomic mass is 10.1. The van der Waals surface area contributed by atoms with Crippen LogP contribution in [0.4, 0.5) is 0 Å². The summed E-state index contributed by atoms with van der Waals surface area (Å²) >= 11 is 0. The summed E-state index contributed by atoms with van der Waals surface area (Å²) < 4.78 is 6.90. The molecule has 1 aromatic carbocycles. The van der Waals surface area contributed by atoms with Crippen molar-refractivity contribution in [2.45, 2.75) is 19.1 Å². The first kappa shape index (κ1) is 16.1. The van der Waals surface area contributed by atoms with Crippen LogP contribution >= 0.6 is 0 Å². The van der Waals surface area contributed by atoms with Gasteiger partial charge in [-0.05, 0) is 12.1 Å². The van der Waals surface area contributed by atoms with Gasteiger partial charge in [-0.15, -0.1) is 0 Å². The number of carbonyl (C=O) groups excluding carboxylic acids is 2. The number of H-pyrrole nitrogens is 1. The number of aromatic amines is 1. The van der Waals surface area contributed by atoms with Gasteiger partial charge in [-0.1, -0.05) is 18.2 Å². The van der Waals surface area contributed by atoms with Gasteiger partial charge in [0, 0.05) is 17.4 Å². The quantitative estimate of drug-likeness (QED) is 0.728. The molecule has 0 radical (unpaired) electrons. The molecule has 0 saturated carbocycles. The lowest BCUT2D eigenvalue weighted by Gasteiger charge is -2.29. The summed E-state index contributed by atoms with van der Waals surface area (Å²) in [5, 5.41) is 8.25. The van der Waals surface area contributed by atoms with Gasteiger partial charge in [0.25, 0.3) is 11.8 Å². The van der Waals surface area contributed by atoms with Crippen molar-refractivity contribution in [1.82, 2.24) is 25.0 Å². The van der Waals surface area contributed by atoms with Crippen molar-refractivity contribution in [3.8, 4) is 0 Å². The van der Waals surface area contributed by atoms with Gasteiger partial charge in [-0.25, -0.2) is 0 Å². The smallest absolute Gasteiger partial charge is 0.270 e. The number of hydrogen-bond acceptors (Lipinski definition) is 4. The predicted molar refractivity (Wildman–Crippen MR) is 97.3 cm³/mol. The number of nitrogens with zero attached hydrogens (tertiary/aromatic N) is 3. The van der Waals surface area contributed by atoms with Gasteiger partial charge < -0.3 is 19.9 Å². The zero-order valence-corrected chi connectivity index (χ0v) is 14.6. The second kappa shape index (κ2) is 6.24. The molecule has 2 aliphatic rings. The first-order valence-electron chi connectivity index (χ1n) is 8.99. The van der Waals surface area contributed by atoms with E-state index in [0.717, 1.165) is 16.6 Å². The SMILES string of the molecule is O=C(NC1COC1)c1cnn2c1CN(C(=O)c1cc3ccccc3[nH]1)CC2. The summed E-state index contributed by atoms with van der Waals surface area (Å²) in [6, 6.07) is 9.73. The van der Waals surface area contributed by atoms with E-state index in [4.69, 9.17) is 4.74 Å². The fourth-order valence-electron chi connectivity index (χ4n) is 3.55. The molecule has 0 unspecified atom stereocenters. The molecule has 1 saturated heterocycles. The number of carbonyl (C=O) groups is 2. The molecule has 2 aromatic heterocycles. The number of amides is 2.